The van der Waals surface area contributed by atoms with Gasteiger partial charge in [0.1, 0.15) is 0 Å². The Labute approximate surface area is 124 Å². The molecule has 0 aliphatic heterocycles. The Morgan fingerprint density at radius 2 is 1.95 bits per heavy atom. The van der Waals surface area contributed by atoms with E-state index in [2.05, 4.69) is 25.7 Å². The average molecular weight is 290 g/mol. The first kappa shape index (κ1) is 19.8. The third-order valence-electron chi connectivity index (χ3n) is 3.19. The van der Waals surface area contributed by atoms with Crippen molar-refractivity contribution in [3.8, 4) is 0 Å². The molecule has 0 amide bonds. The van der Waals surface area contributed by atoms with Gasteiger partial charge in [0.05, 0.1) is 25.4 Å². The summed E-state index contributed by atoms with van der Waals surface area (Å²) in [6.45, 7) is 12.4. The van der Waals surface area contributed by atoms with Gasteiger partial charge in [-0.25, -0.2) is 0 Å². The summed E-state index contributed by atoms with van der Waals surface area (Å²) < 4.78 is 10.6. The van der Waals surface area contributed by atoms with Crippen LogP contribution in [0.4, 0.5) is 0 Å². The van der Waals surface area contributed by atoms with E-state index in [1.807, 2.05) is 6.92 Å². The Morgan fingerprint density at radius 1 is 1.30 bits per heavy atom. The highest BCUT2D eigenvalue weighted by Crippen LogP contribution is 2.15. The lowest BCUT2D eigenvalue weighted by Crippen LogP contribution is -2.43. The van der Waals surface area contributed by atoms with Crippen LogP contribution in [0.3, 0.4) is 0 Å². The molecule has 0 aromatic heterocycles. The van der Waals surface area contributed by atoms with Crippen LogP contribution in [-0.4, -0.2) is 68.7 Å². The highest BCUT2D eigenvalue weighted by atomic mass is 16.5. The summed E-state index contributed by atoms with van der Waals surface area (Å²) in [7, 11) is 1.65. The van der Waals surface area contributed by atoms with Crippen LogP contribution in [0.2, 0.25) is 0 Å². The molecule has 0 aromatic carbocycles. The van der Waals surface area contributed by atoms with Gasteiger partial charge in [-0.3, -0.25) is 0 Å². The molecule has 0 saturated heterocycles. The van der Waals surface area contributed by atoms with Gasteiger partial charge in [-0.2, -0.15) is 0 Å². The second-order valence-electron chi connectivity index (χ2n) is 6.36. The zero-order chi connectivity index (χ0) is 15.6. The fraction of sp³-hybridized carbons (Fsp3) is 1.00. The van der Waals surface area contributed by atoms with Crippen molar-refractivity contribution >= 4 is 0 Å². The fourth-order valence-corrected chi connectivity index (χ4v) is 2.13. The molecule has 0 bridgehead atoms. The number of rotatable bonds is 12. The number of hydrogen-bond donors (Lipinski definition) is 2. The topological polar surface area (TPSA) is 68.0 Å². The molecule has 2 atom stereocenters. The van der Waals surface area contributed by atoms with Crippen molar-refractivity contribution in [2.75, 3.05) is 46.5 Å². The number of ether oxygens (including phenoxy) is 2. The van der Waals surface area contributed by atoms with Gasteiger partial charge in [0.25, 0.3) is 0 Å². The van der Waals surface area contributed by atoms with E-state index >= 15 is 0 Å². The maximum Gasteiger partial charge on any atom is 0.0900 e. The Bertz CT molecular complexity index is 237. The molecule has 0 saturated carbocycles. The van der Waals surface area contributed by atoms with Crippen molar-refractivity contribution in [2.24, 2.45) is 11.1 Å². The summed E-state index contributed by atoms with van der Waals surface area (Å²) in [5, 5.41) is 10.1. The molecule has 5 nitrogen and oxygen atoms in total. The van der Waals surface area contributed by atoms with E-state index in [9.17, 15) is 5.11 Å². The van der Waals surface area contributed by atoms with Crippen molar-refractivity contribution in [2.45, 2.75) is 46.3 Å². The van der Waals surface area contributed by atoms with E-state index in [0.717, 1.165) is 19.5 Å². The van der Waals surface area contributed by atoms with Crippen LogP contribution in [0, 0.1) is 5.41 Å². The summed E-state index contributed by atoms with van der Waals surface area (Å²) >= 11 is 0. The van der Waals surface area contributed by atoms with Crippen LogP contribution in [-0.2, 0) is 9.47 Å². The van der Waals surface area contributed by atoms with Crippen LogP contribution < -0.4 is 5.73 Å². The second kappa shape index (κ2) is 10.5. The molecule has 20 heavy (non-hydrogen) atoms. The monoisotopic (exact) mass is 290 g/mol. The third-order valence-corrected chi connectivity index (χ3v) is 3.19. The minimum Gasteiger partial charge on any atom is -0.389 e. The number of methoxy groups -OCH3 is 1. The Hall–Kier alpha value is -0.200. The first-order chi connectivity index (χ1) is 9.34. The van der Waals surface area contributed by atoms with Gasteiger partial charge in [-0.05, 0) is 31.8 Å². The standard InChI is InChI=1S/C15H34N2O3/c1-6-7-17(12-15(3,4)11-16)8-14(18)10-20-13(2)9-19-5/h13-14,18H,6-12,16H2,1-5H3. The van der Waals surface area contributed by atoms with Crippen LogP contribution in [0.5, 0.6) is 0 Å². The minimum atomic E-state index is -0.477. The first-order valence-corrected chi connectivity index (χ1v) is 7.55. The average Bonchev–Trinajstić information content (AvgIpc) is 2.36. The molecule has 0 radical (unpaired) electrons. The van der Waals surface area contributed by atoms with Gasteiger partial charge in [0, 0.05) is 20.2 Å². The molecule has 0 aliphatic rings. The van der Waals surface area contributed by atoms with Crippen molar-refractivity contribution in [3.05, 3.63) is 0 Å². The maximum atomic E-state index is 10.1. The molecule has 0 heterocycles. The molecule has 122 valence electrons. The first-order valence-electron chi connectivity index (χ1n) is 7.55. The largest absolute Gasteiger partial charge is 0.389 e. The summed E-state index contributed by atoms with van der Waals surface area (Å²) in [4.78, 5) is 2.27. The highest BCUT2D eigenvalue weighted by Gasteiger charge is 2.21. The fourth-order valence-electron chi connectivity index (χ4n) is 2.13. The summed E-state index contributed by atoms with van der Waals surface area (Å²) in [6, 6.07) is 0. The molecule has 5 heteroatoms. The summed E-state index contributed by atoms with van der Waals surface area (Å²) in [6.07, 6.45) is 0.595. The van der Waals surface area contributed by atoms with Crippen LogP contribution >= 0.6 is 0 Å². The zero-order valence-electron chi connectivity index (χ0n) is 13.9. The highest BCUT2D eigenvalue weighted by molar-refractivity contribution is 4.76. The molecular formula is C15H34N2O3. The van der Waals surface area contributed by atoms with Gasteiger partial charge in [0.2, 0.25) is 0 Å². The molecule has 2 unspecified atom stereocenters. The van der Waals surface area contributed by atoms with Crippen LogP contribution in [0.25, 0.3) is 0 Å². The van der Waals surface area contributed by atoms with Crippen LogP contribution in [0.15, 0.2) is 0 Å². The molecular weight excluding hydrogens is 256 g/mol. The quantitative estimate of drug-likeness (QED) is 0.563. The van der Waals surface area contributed by atoms with Gasteiger partial charge < -0.3 is 25.2 Å². The van der Waals surface area contributed by atoms with Crippen molar-refractivity contribution < 1.29 is 14.6 Å². The Kier molecular flexibility index (Phi) is 10.4. The number of nitrogens with zero attached hydrogens (tertiary/aromatic N) is 1. The summed E-state index contributed by atoms with van der Waals surface area (Å²) in [5.41, 5.74) is 5.85. The van der Waals surface area contributed by atoms with E-state index in [0.29, 0.717) is 26.3 Å². The van der Waals surface area contributed by atoms with Gasteiger partial charge >= 0.3 is 0 Å². The van der Waals surface area contributed by atoms with E-state index < -0.39 is 6.10 Å². The van der Waals surface area contributed by atoms with Gasteiger partial charge in [0.15, 0.2) is 0 Å². The predicted molar refractivity (Wildman–Crippen MR) is 82.9 cm³/mol. The smallest absolute Gasteiger partial charge is 0.0900 e. The Balaban J connectivity index is 4.16. The normalized spacial score (nSPS) is 15.6. The van der Waals surface area contributed by atoms with Gasteiger partial charge in [-0.1, -0.05) is 20.8 Å². The predicted octanol–water partition coefficient (Wildman–Crippen LogP) is 1.10. The molecule has 0 aromatic rings. The number of aliphatic hydroxyl groups excluding tert-OH is 1. The minimum absolute atomic E-state index is 0.00904. The van der Waals surface area contributed by atoms with Gasteiger partial charge in [-0.15, -0.1) is 0 Å². The molecule has 0 spiro atoms. The zero-order valence-corrected chi connectivity index (χ0v) is 13.9. The lowest BCUT2D eigenvalue weighted by molar-refractivity contribution is -0.0416. The number of nitrogens with two attached hydrogens (primary N) is 1. The van der Waals surface area contributed by atoms with E-state index in [4.69, 9.17) is 15.2 Å². The lowest BCUT2D eigenvalue weighted by atomic mass is 9.93. The molecule has 3 N–H and O–H groups in total. The van der Waals surface area contributed by atoms with E-state index in [-0.39, 0.29) is 11.5 Å². The van der Waals surface area contributed by atoms with Crippen molar-refractivity contribution in [1.82, 2.24) is 4.90 Å². The van der Waals surface area contributed by atoms with Crippen molar-refractivity contribution in [3.63, 3.8) is 0 Å². The third kappa shape index (κ3) is 9.66. The summed E-state index contributed by atoms with van der Waals surface area (Å²) in [5.74, 6) is 0. The van der Waals surface area contributed by atoms with Crippen LogP contribution in [0.1, 0.15) is 34.1 Å². The molecule has 0 rings (SSSR count). The number of hydrogen-bond acceptors (Lipinski definition) is 5. The Morgan fingerprint density at radius 3 is 2.45 bits per heavy atom. The second-order valence-corrected chi connectivity index (χ2v) is 6.36. The van der Waals surface area contributed by atoms with E-state index in [1.54, 1.807) is 7.11 Å². The molecule has 0 aliphatic carbocycles. The lowest BCUT2D eigenvalue weighted by Gasteiger charge is -2.33. The number of aliphatic hydroxyl groups is 1. The van der Waals surface area contributed by atoms with Crippen molar-refractivity contribution in [1.29, 1.82) is 0 Å². The maximum absolute atomic E-state index is 10.1. The SMILES string of the molecule is CCCN(CC(O)COC(C)COC)CC(C)(C)CN. The molecule has 0 fully saturated rings. The van der Waals surface area contributed by atoms with E-state index in [1.165, 1.54) is 0 Å².